The lowest BCUT2D eigenvalue weighted by Crippen LogP contribution is -2.28. The smallest absolute Gasteiger partial charge is 0.255 e. The van der Waals surface area contributed by atoms with E-state index < -0.39 is 0 Å². The van der Waals surface area contributed by atoms with E-state index in [1.54, 1.807) is 12.1 Å². The lowest BCUT2D eigenvalue weighted by atomic mass is 10.1. The normalized spacial score (nSPS) is 10.9. The average Bonchev–Trinajstić information content (AvgIpc) is 2.91. The molecule has 2 N–H and O–H groups in total. The summed E-state index contributed by atoms with van der Waals surface area (Å²) >= 11 is 0. The van der Waals surface area contributed by atoms with Gasteiger partial charge >= 0.3 is 0 Å². The largest absolute Gasteiger partial charge is 0.488 e. The Morgan fingerprint density at radius 2 is 1.03 bits per heavy atom. The van der Waals surface area contributed by atoms with Crippen LogP contribution in [0.3, 0.4) is 0 Å². The zero-order valence-electron chi connectivity index (χ0n) is 23.0. The number of carbonyl (C=O) groups excluding carboxylic acids is 2. The fourth-order valence-corrected chi connectivity index (χ4v) is 3.76. The van der Waals surface area contributed by atoms with Crippen LogP contribution in [0.4, 0.5) is 0 Å². The van der Waals surface area contributed by atoms with Gasteiger partial charge in [0.2, 0.25) is 0 Å². The third-order valence-electron chi connectivity index (χ3n) is 6.06. The van der Waals surface area contributed by atoms with Gasteiger partial charge in [0.15, 0.2) is 0 Å². The van der Waals surface area contributed by atoms with Crippen molar-refractivity contribution in [2.24, 2.45) is 11.8 Å². The van der Waals surface area contributed by atoms with Gasteiger partial charge in [-0.25, -0.2) is 0 Å². The summed E-state index contributed by atoms with van der Waals surface area (Å²) in [6, 6.07) is 22.8. The van der Waals surface area contributed by atoms with Crippen LogP contribution < -0.4 is 20.1 Å². The number of hydrogen-bond donors (Lipinski definition) is 2. The molecule has 0 saturated heterocycles. The van der Waals surface area contributed by atoms with E-state index in [2.05, 4.69) is 38.3 Å². The molecule has 3 aromatic carbocycles. The van der Waals surface area contributed by atoms with E-state index in [0.717, 1.165) is 24.0 Å². The highest BCUT2D eigenvalue weighted by Gasteiger charge is 2.22. The number of hydrogen-bond acceptors (Lipinski definition) is 4. The minimum Gasteiger partial charge on any atom is -0.488 e. The Balaban J connectivity index is 1.94. The lowest BCUT2D eigenvalue weighted by Gasteiger charge is -2.18. The van der Waals surface area contributed by atoms with Gasteiger partial charge < -0.3 is 20.1 Å². The molecule has 0 fully saturated rings. The predicted octanol–water partition coefficient (Wildman–Crippen LogP) is 6.40. The molecular formula is C32H40N2O4. The van der Waals surface area contributed by atoms with E-state index in [1.807, 2.05) is 60.7 Å². The van der Waals surface area contributed by atoms with Crippen molar-refractivity contribution in [3.63, 3.8) is 0 Å². The SMILES string of the molecule is CC(C)CCNC(=O)c1cc(C(=O)NCCC(C)C)c(OCc2ccccc2)cc1OCc1ccccc1. The van der Waals surface area contributed by atoms with Crippen LogP contribution in [0.2, 0.25) is 0 Å². The summed E-state index contributed by atoms with van der Waals surface area (Å²) in [5.41, 5.74) is 2.57. The summed E-state index contributed by atoms with van der Waals surface area (Å²) in [5.74, 6) is 1.11. The van der Waals surface area contributed by atoms with Gasteiger partial charge in [0.05, 0.1) is 11.1 Å². The molecule has 0 atom stereocenters. The topological polar surface area (TPSA) is 76.7 Å². The molecule has 6 heteroatoms. The number of ether oxygens (including phenoxy) is 2. The van der Waals surface area contributed by atoms with Gasteiger partial charge in [-0.1, -0.05) is 88.4 Å². The predicted molar refractivity (Wildman–Crippen MR) is 152 cm³/mol. The maximum atomic E-state index is 13.3. The first-order valence-corrected chi connectivity index (χ1v) is 13.4. The van der Waals surface area contributed by atoms with Gasteiger partial charge in [0, 0.05) is 19.2 Å². The van der Waals surface area contributed by atoms with Gasteiger partial charge in [-0.3, -0.25) is 9.59 Å². The molecule has 0 radical (unpaired) electrons. The van der Waals surface area contributed by atoms with Crippen LogP contribution in [0, 0.1) is 11.8 Å². The summed E-state index contributed by atoms with van der Waals surface area (Å²) < 4.78 is 12.3. The Hall–Kier alpha value is -3.80. The Morgan fingerprint density at radius 1 is 0.632 bits per heavy atom. The van der Waals surface area contributed by atoms with Crippen molar-refractivity contribution in [3.8, 4) is 11.5 Å². The molecule has 0 aromatic heterocycles. The van der Waals surface area contributed by atoms with E-state index >= 15 is 0 Å². The van der Waals surface area contributed by atoms with E-state index in [0.29, 0.717) is 47.6 Å². The highest BCUT2D eigenvalue weighted by molar-refractivity contribution is 6.03. The van der Waals surface area contributed by atoms with Crippen LogP contribution in [0.1, 0.15) is 72.4 Å². The highest BCUT2D eigenvalue weighted by Crippen LogP contribution is 2.31. The van der Waals surface area contributed by atoms with Crippen LogP contribution in [-0.2, 0) is 13.2 Å². The van der Waals surface area contributed by atoms with Crippen LogP contribution in [0.15, 0.2) is 72.8 Å². The monoisotopic (exact) mass is 516 g/mol. The Morgan fingerprint density at radius 3 is 1.39 bits per heavy atom. The molecule has 0 saturated carbocycles. The maximum absolute atomic E-state index is 13.3. The molecular weight excluding hydrogens is 476 g/mol. The number of rotatable bonds is 14. The van der Waals surface area contributed by atoms with Crippen molar-refractivity contribution in [1.29, 1.82) is 0 Å². The molecule has 0 bridgehead atoms. The Labute approximate surface area is 226 Å². The summed E-state index contributed by atoms with van der Waals surface area (Å²) in [6.45, 7) is 10.1. The third-order valence-corrected chi connectivity index (χ3v) is 6.06. The molecule has 0 unspecified atom stereocenters. The third kappa shape index (κ3) is 9.25. The summed E-state index contributed by atoms with van der Waals surface area (Å²) in [4.78, 5) is 26.5. The standard InChI is InChI=1S/C32H40N2O4/c1-23(2)15-17-33-31(35)27-19-28(32(36)34-18-16-24(3)4)30(38-22-26-13-9-6-10-14-26)20-29(27)37-21-25-11-7-5-8-12-25/h5-14,19-20,23-24H,15-18,21-22H2,1-4H3,(H,33,35)(H,34,36). The van der Waals surface area contributed by atoms with Crippen molar-refractivity contribution < 1.29 is 19.1 Å². The second kappa shape index (κ2) is 14.8. The van der Waals surface area contributed by atoms with Gasteiger partial charge in [-0.2, -0.15) is 0 Å². The molecule has 3 rings (SSSR count). The van der Waals surface area contributed by atoms with Crippen molar-refractivity contribution in [1.82, 2.24) is 10.6 Å². The highest BCUT2D eigenvalue weighted by atomic mass is 16.5. The van der Waals surface area contributed by atoms with Crippen LogP contribution in [0.25, 0.3) is 0 Å². The van der Waals surface area contributed by atoms with Gasteiger partial charge in [-0.15, -0.1) is 0 Å². The second-order valence-corrected chi connectivity index (χ2v) is 10.3. The van der Waals surface area contributed by atoms with E-state index in [4.69, 9.17) is 9.47 Å². The second-order valence-electron chi connectivity index (χ2n) is 10.3. The summed E-state index contributed by atoms with van der Waals surface area (Å²) in [7, 11) is 0. The van der Waals surface area contributed by atoms with E-state index in [-0.39, 0.29) is 25.0 Å². The zero-order valence-corrected chi connectivity index (χ0v) is 23.0. The fraction of sp³-hybridized carbons (Fsp3) is 0.375. The lowest BCUT2D eigenvalue weighted by molar-refractivity contribution is 0.0947. The average molecular weight is 517 g/mol. The van der Waals surface area contributed by atoms with Crippen molar-refractivity contribution in [2.45, 2.75) is 53.8 Å². The number of carbonyl (C=O) groups is 2. The van der Waals surface area contributed by atoms with Gasteiger partial charge in [0.1, 0.15) is 24.7 Å². The molecule has 38 heavy (non-hydrogen) atoms. The molecule has 6 nitrogen and oxygen atoms in total. The van der Waals surface area contributed by atoms with Crippen LogP contribution in [0.5, 0.6) is 11.5 Å². The molecule has 0 aliphatic heterocycles. The number of amides is 2. The first kappa shape index (κ1) is 28.8. The van der Waals surface area contributed by atoms with Crippen LogP contribution >= 0.6 is 0 Å². The molecule has 0 spiro atoms. The fourth-order valence-electron chi connectivity index (χ4n) is 3.76. The molecule has 0 aliphatic rings. The van der Waals surface area contributed by atoms with Gasteiger partial charge in [-0.05, 0) is 41.9 Å². The minimum absolute atomic E-state index is 0.278. The minimum atomic E-state index is -0.278. The zero-order chi connectivity index (χ0) is 27.3. The molecule has 202 valence electrons. The number of benzene rings is 3. The Bertz CT molecular complexity index is 1070. The number of nitrogens with one attached hydrogen (secondary N) is 2. The van der Waals surface area contributed by atoms with Crippen molar-refractivity contribution >= 4 is 11.8 Å². The molecule has 2 amide bonds. The molecule has 3 aromatic rings. The van der Waals surface area contributed by atoms with E-state index in [1.165, 1.54) is 0 Å². The first-order chi connectivity index (χ1) is 18.3. The Kier molecular flexibility index (Phi) is 11.2. The van der Waals surface area contributed by atoms with Crippen molar-refractivity contribution in [3.05, 3.63) is 95.1 Å². The van der Waals surface area contributed by atoms with Crippen LogP contribution in [-0.4, -0.2) is 24.9 Å². The maximum Gasteiger partial charge on any atom is 0.255 e. The molecule has 0 aliphatic carbocycles. The van der Waals surface area contributed by atoms with E-state index in [9.17, 15) is 9.59 Å². The quantitative estimate of drug-likeness (QED) is 0.260. The summed E-state index contributed by atoms with van der Waals surface area (Å²) in [6.07, 6.45) is 1.71. The van der Waals surface area contributed by atoms with Crippen molar-refractivity contribution in [2.75, 3.05) is 13.1 Å². The molecule has 0 heterocycles. The first-order valence-electron chi connectivity index (χ1n) is 13.4. The van der Waals surface area contributed by atoms with Gasteiger partial charge in [0.25, 0.3) is 11.8 Å². The summed E-state index contributed by atoms with van der Waals surface area (Å²) in [5, 5.41) is 5.96.